The average molecular weight is 240 g/mol. The fourth-order valence-electron chi connectivity index (χ4n) is 2.69. The summed E-state index contributed by atoms with van der Waals surface area (Å²) < 4.78 is 6.44. The summed E-state index contributed by atoms with van der Waals surface area (Å²) >= 11 is 0. The summed E-state index contributed by atoms with van der Waals surface area (Å²) in [6.45, 7) is 9.12. The van der Waals surface area contributed by atoms with Gasteiger partial charge in [-0.25, -0.2) is 0 Å². The van der Waals surface area contributed by atoms with E-state index in [1.165, 1.54) is 56.0 Å². The molecule has 0 aliphatic heterocycles. The van der Waals surface area contributed by atoms with Crippen LogP contribution < -0.4 is 0 Å². The monoisotopic (exact) mass is 240 g/mol. The van der Waals surface area contributed by atoms with Gasteiger partial charge in [0.05, 0.1) is 5.76 Å². The molecule has 0 atom stereocenters. The van der Waals surface area contributed by atoms with Crippen LogP contribution in [0.25, 0.3) is 0 Å². The van der Waals surface area contributed by atoms with Crippen molar-refractivity contribution >= 4 is 8.32 Å². The second kappa shape index (κ2) is 6.48. The van der Waals surface area contributed by atoms with E-state index in [2.05, 4.69) is 27.7 Å². The van der Waals surface area contributed by atoms with Gasteiger partial charge < -0.3 is 4.43 Å². The lowest BCUT2D eigenvalue weighted by molar-refractivity contribution is 0.388. The molecule has 1 aliphatic rings. The van der Waals surface area contributed by atoms with Crippen molar-refractivity contribution in [3.05, 3.63) is 11.3 Å². The molecule has 16 heavy (non-hydrogen) atoms. The molecule has 2 heteroatoms. The summed E-state index contributed by atoms with van der Waals surface area (Å²) in [5.41, 5.74) is 1.61. The van der Waals surface area contributed by atoms with Gasteiger partial charge in [-0.1, -0.05) is 27.2 Å². The molecule has 0 aromatic carbocycles. The maximum Gasteiger partial charge on any atom is 0.250 e. The minimum absolute atomic E-state index is 1.25. The molecule has 1 aliphatic carbocycles. The first-order valence-corrected chi connectivity index (χ1v) is 9.58. The molecule has 0 saturated heterocycles. The lowest BCUT2D eigenvalue weighted by Crippen LogP contribution is -2.35. The molecule has 0 unspecified atom stereocenters. The maximum atomic E-state index is 6.44. The third-order valence-corrected chi connectivity index (χ3v) is 8.86. The first kappa shape index (κ1) is 13.8. The molecule has 0 radical (unpaired) electrons. The van der Waals surface area contributed by atoms with Crippen LogP contribution in [0.4, 0.5) is 0 Å². The standard InChI is InChI=1S/C14H28OSi/c1-5-16(6-2,7-3)15-13(4)14-11-9-8-10-12-14/h5-12H2,1-4H3. The summed E-state index contributed by atoms with van der Waals surface area (Å²) in [6.07, 6.45) is 6.72. The summed E-state index contributed by atoms with van der Waals surface area (Å²) in [7, 11) is -1.42. The molecule has 0 aromatic rings. The Morgan fingerprint density at radius 2 is 1.50 bits per heavy atom. The Kier molecular flexibility index (Phi) is 5.60. The van der Waals surface area contributed by atoms with E-state index in [4.69, 9.17) is 4.43 Å². The van der Waals surface area contributed by atoms with Crippen LogP contribution in [0.5, 0.6) is 0 Å². The van der Waals surface area contributed by atoms with Crippen molar-refractivity contribution in [3.8, 4) is 0 Å². The van der Waals surface area contributed by atoms with E-state index in [9.17, 15) is 0 Å². The zero-order valence-corrected chi connectivity index (χ0v) is 12.6. The fraction of sp³-hybridized carbons (Fsp3) is 0.857. The molecule has 94 valence electrons. The first-order valence-electron chi connectivity index (χ1n) is 7.05. The van der Waals surface area contributed by atoms with Gasteiger partial charge in [0.25, 0.3) is 0 Å². The lowest BCUT2D eigenvalue weighted by Gasteiger charge is -2.31. The van der Waals surface area contributed by atoms with Crippen LogP contribution in [0, 0.1) is 0 Å². The molecule has 1 rings (SSSR count). The predicted octanol–water partition coefficient (Wildman–Crippen LogP) is 5.25. The molecule has 1 fully saturated rings. The zero-order chi connectivity index (χ0) is 12.0. The van der Waals surface area contributed by atoms with Crippen LogP contribution >= 0.6 is 0 Å². The van der Waals surface area contributed by atoms with Crippen molar-refractivity contribution in [2.75, 3.05) is 0 Å². The van der Waals surface area contributed by atoms with Gasteiger partial charge in [0.15, 0.2) is 0 Å². The van der Waals surface area contributed by atoms with Crippen LogP contribution in [-0.4, -0.2) is 8.32 Å². The SMILES string of the molecule is CC[Si](CC)(CC)OC(C)=C1CCCCC1. The minimum Gasteiger partial charge on any atom is -0.547 e. The third kappa shape index (κ3) is 3.37. The van der Waals surface area contributed by atoms with Gasteiger partial charge in [0.1, 0.15) is 0 Å². The third-order valence-electron chi connectivity index (χ3n) is 4.26. The van der Waals surface area contributed by atoms with Crippen LogP contribution in [-0.2, 0) is 4.43 Å². The second-order valence-electron chi connectivity index (χ2n) is 5.07. The number of allylic oxidation sites excluding steroid dienone is 2. The highest BCUT2D eigenvalue weighted by atomic mass is 28.4. The Bertz CT molecular complexity index is 225. The van der Waals surface area contributed by atoms with Crippen LogP contribution in [0.1, 0.15) is 59.8 Å². The van der Waals surface area contributed by atoms with Gasteiger partial charge in [-0.2, -0.15) is 0 Å². The molecule has 0 aromatic heterocycles. The molecular weight excluding hydrogens is 212 g/mol. The Labute approximate surface area is 102 Å². The highest BCUT2D eigenvalue weighted by molar-refractivity contribution is 6.73. The highest BCUT2D eigenvalue weighted by Gasteiger charge is 2.31. The molecule has 0 spiro atoms. The summed E-state index contributed by atoms with van der Waals surface area (Å²) in [4.78, 5) is 0. The van der Waals surface area contributed by atoms with Crippen molar-refractivity contribution in [2.24, 2.45) is 0 Å². The van der Waals surface area contributed by atoms with Crippen molar-refractivity contribution in [3.63, 3.8) is 0 Å². The van der Waals surface area contributed by atoms with Crippen molar-refractivity contribution < 1.29 is 4.43 Å². The Hall–Kier alpha value is -0.243. The van der Waals surface area contributed by atoms with E-state index in [-0.39, 0.29) is 0 Å². The molecule has 1 nitrogen and oxygen atoms in total. The van der Waals surface area contributed by atoms with E-state index in [0.717, 1.165) is 0 Å². The topological polar surface area (TPSA) is 9.23 Å². The van der Waals surface area contributed by atoms with Gasteiger partial charge in [0.2, 0.25) is 8.32 Å². The van der Waals surface area contributed by atoms with Crippen LogP contribution in [0.15, 0.2) is 11.3 Å². The first-order chi connectivity index (χ1) is 7.67. The summed E-state index contributed by atoms with van der Waals surface area (Å²) in [5.74, 6) is 1.29. The van der Waals surface area contributed by atoms with E-state index in [1.54, 1.807) is 5.57 Å². The molecule has 0 bridgehead atoms. The van der Waals surface area contributed by atoms with Crippen molar-refractivity contribution in [1.29, 1.82) is 0 Å². The summed E-state index contributed by atoms with van der Waals surface area (Å²) in [6, 6.07) is 3.76. The zero-order valence-electron chi connectivity index (χ0n) is 11.6. The fourth-order valence-corrected chi connectivity index (χ4v) is 5.42. The molecule has 0 heterocycles. The van der Waals surface area contributed by atoms with Gasteiger partial charge >= 0.3 is 0 Å². The van der Waals surface area contributed by atoms with Gasteiger partial charge in [-0.3, -0.25) is 0 Å². The van der Waals surface area contributed by atoms with Gasteiger partial charge in [0, 0.05) is 0 Å². The summed E-state index contributed by atoms with van der Waals surface area (Å²) in [5, 5.41) is 0. The molecule has 0 N–H and O–H groups in total. The largest absolute Gasteiger partial charge is 0.547 e. The quantitative estimate of drug-likeness (QED) is 0.471. The van der Waals surface area contributed by atoms with Crippen LogP contribution in [0.3, 0.4) is 0 Å². The lowest BCUT2D eigenvalue weighted by atomic mass is 9.94. The van der Waals surface area contributed by atoms with Crippen molar-refractivity contribution in [1.82, 2.24) is 0 Å². The maximum absolute atomic E-state index is 6.44. The van der Waals surface area contributed by atoms with Crippen LogP contribution in [0.2, 0.25) is 18.1 Å². The Balaban J connectivity index is 2.69. The van der Waals surface area contributed by atoms with Crippen molar-refractivity contribution in [2.45, 2.75) is 77.9 Å². The van der Waals surface area contributed by atoms with E-state index in [1.807, 2.05) is 0 Å². The van der Waals surface area contributed by atoms with Gasteiger partial charge in [-0.05, 0) is 56.3 Å². The average Bonchev–Trinajstić information content (AvgIpc) is 2.37. The molecular formula is C14H28OSi. The molecule has 0 amide bonds. The molecule has 1 saturated carbocycles. The van der Waals surface area contributed by atoms with E-state index < -0.39 is 8.32 Å². The number of hydrogen-bond acceptors (Lipinski definition) is 1. The van der Waals surface area contributed by atoms with Gasteiger partial charge in [-0.15, -0.1) is 0 Å². The number of rotatable bonds is 5. The highest BCUT2D eigenvalue weighted by Crippen LogP contribution is 2.30. The smallest absolute Gasteiger partial charge is 0.250 e. The minimum atomic E-state index is -1.42. The Morgan fingerprint density at radius 1 is 1.00 bits per heavy atom. The second-order valence-corrected chi connectivity index (χ2v) is 9.76. The van der Waals surface area contributed by atoms with E-state index >= 15 is 0 Å². The Morgan fingerprint density at radius 3 is 1.94 bits per heavy atom. The van der Waals surface area contributed by atoms with E-state index in [0.29, 0.717) is 0 Å². The normalized spacial score (nSPS) is 17.4. The number of hydrogen-bond donors (Lipinski definition) is 0. The predicted molar refractivity (Wildman–Crippen MR) is 74.1 cm³/mol.